The molecule has 2 aromatic heterocycles. The second-order valence-corrected chi connectivity index (χ2v) is 3.92. The van der Waals surface area contributed by atoms with E-state index in [0.717, 1.165) is 18.7 Å². The average Bonchev–Trinajstić information content (AvgIpc) is 2.84. The van der Waals surface area contributed by atoms with Gasteiger partial charge in [-0.1, -0.05) is 0 Å². The first-order chi connectivity index (χ1) is 7.25. The van der Waals surface area contributed by atoms with Crippen LogP contribution in [0.1, 0.15) is 17.7 Å². The minimum atomic E-state index is 0.660. The van der Waals surface area contributed by atoms with Gasteiger partial charge in [0, 0.05) is 24.9 Å². The SMILES string of the molecule is Cn1ccc(-n2nc(N)c3c2CCC3)n1. The number of nitrogens with zero attached hydrogens (tertiary/aromatic N) is 4. The number of fused-ring (bicyclic) bond motifs is 1. The molecule has 0 atom stereocenters. The molecule has 0 unspecified atom stereocenters. The Hall–Kier alpha value is -1.78. The third-order valence-corrected chi connectivity index (χ3v) is 2.88. The fourth-order valence-corrected chi connectivity index (χ4v) is 2.17. The molecular weight excluding hydrogens is 190 g/mol. The summed E-state index contributed by atoms with van der Waals surface area (Å²) in [6.45, 7) is 0. The molecule has 0 radical (unpaired) electrons. The Kier molecular flexibility index (Phi) is 1.62. The number of hydrogen-bond acceptors (Lipinski definition) is 3. The summed E-state index contributed by atoms with van der Waals surface area (Å²) in [7, 11) is 1.90. The van der Waals surface area contributed by atoms with Crippen molar-refractivity contribution in [3.63, 3.8) is 0 Å². The fraction of sp³-hybridized carbons (Fsp3) is 0.400. The molecule has 1 aliphatic rings. The molecule has 5 nitrogen and oxygen atoms in total. The molecule has 5 heteroatoms. The van der Waals surface area contributed by atoms with Crippen LogP contribution in [0.5, 0.6) is 0 Å². The monoisotopic (exact) mass is 203 g/mol. The lowest BCUT2D eigenvalue weighted by Gasteiger charge is -1.99. The van der Waals surface area contributed by atoms with Crippen molar-refractivity contribution in [3.8, 4) is 5.82 Å². The maximum absolute atomic E-state index is 5.87. The Balaban J connectivity index is 2.17. The minimum Gasteiger partial charge on any atom is -0.382 e. The van der Waals surface area contributed by atoms with Crippen LogP contribution < -0.4 is 5.73 Å². The highest BCUT2D eigenvalue weighted by atomic mass is 15.4. The standard InChI is InChI=1S/C10H13N5/c1-14-6-5-9(12-14)15-8-4-2-3-7(8)10(11)13-15/h5-6H,2-4H2,1H3,(H2,11,13). The van der Waals surface area contributed by atoms with Crippen LogP contribution in [-0.2, 0) is 19.9 Å². The molecular formula is C10H13N5. The first-order valence-corrected chi connectivity index (χ1v) is 5.12. The van der Waals surface area contributed by atoms with E-state index >= 15 is 0 Å². The Morgan fingerprint density at radius 3 is 2.93 bits per heavy atom. The lowest BCUT2D eigenvalue weighted by atomic mass is 10.3. The van der Waals surface area contributed by atoms with Crippen LogP contribution in [0.4, 0.5) is 5.82 Å². The second kappa shape index (κ2) is 2.85. The zero-order valence-electron chi connectivity index (χ0n) is 8.64. The highest BCUT2D eigenvalue weighted by Crippen LogP contribution is 2.28. The average molecular weight is 203 g/mol. The largest absolute Gasteiger partial charge is 0.382 e. The first-order valence-electron chi connectivity index (χ1n) is 5.12. The van der Waals surface area contributed by atoms with E-state index < -0.39 is 0 Å². The van der Waals surface area contributed by atoms with E-state index in [2.05, 4.69) is 10.2 Å². The molecule has 0 bridgehead atoms. The number of nitrogen functional groups attached to an aromatic ring is 1. The minimum absolute atomic E-state index is 0.660. The summed E-state index contributed by atoms with van der Waals surface area (Å²) in [6, 6.07) is 1.95. The molecule has 3 rings (SSSR count). The van der Waals surface area contributed by atoms with Crippen molar-refractivity contribution in [1.82, 2.24) is 19.6 Å². The van der Waals surface area contributed by atoms with Gasteiger partial charge in [-0.25, -0.2) is 4.68 Å². The van der Waals surface area contributed by atoms with Crippen molar-refractivity contribution in [2.45, 2.75) is 19.3 Å². The lowest BCUT2D eigenvalue weighted by molar-refractivity contribution is 0.713. The topological polar surface area (TPSA) is 61.7 Å². The molecule has 2 N–H and O–H groups in total. The Morgan fingerprint density at radius 2 is 2.20 bits per heavy atom. The lowest BCUT2D eigenvalue weighted by Crippen LogP contribution is -2.03. The van der Waals surface area contributed by atoms with Crippen molar-refractivity contribution in [1.29, 1.82) is 0 Å². The molecule has 0 fully saturated rings. The van der Waals surface area contributed by atoms with E-state index in [0.29, 0.717) is 5.82 Å². The zero-order chi connectivity index (χ0) is 10.4. The Morgan fingerprint density at radius 1 is 1.33 bits per heavy atom. The predicted octanol–water partition coefficient (Wildman–Crippen LogP) is 0.677. The summed E-state index contributed by atoms with van der Waals surface area (Å²) >= 11 is 0. The van der Waals surface area contributed by atoms with E-state index in [9.17, 15) is 0 Å². The number of rotatable bonds is 1. The maximum atomic E-state index is 5.87. The van der Waals surface area contributed by atoms with E-state index in [-0.39, 0.29) is 0 Å². The van der Waals surface area contributed by atoms with Gasteiger partial charge in [-0.15, -0.1) is 5.10 Å². The van der Waals surface area contributed by atoms with Crippen LogP contribution in [0, 0.1) is 0 Å². The van der Waals surface area contributed by atoms with Crippen LogP contribution >= 0.6 is 0 Å². The molecule has 2 heterocycles. The highest BCUT2D eigenvalue weighted by molar-refractivity contribution is 5.47. The van der Waals surface area contributed by atoms with E-state index in [1.54, 1.807) is 4.68 Å². The molecule has 0 aromatic carbocycles. The normalized spacial score (nSPS) is 14.5. The molecule has 78 valence electrons. The van der Waals surface area contributed by atoms with Gasteiger partial charge >= 0.3 is 0 Å². The van der Waals surface area contributed by atoms with E-state index in [1.165, 1.54) is 17.7 Å². The van der Waals surface area contributed by atoms with Gasteiger partial charge in [-0.3, -0.25) is 4.68 Å². The van der Waals surface area contributed by atoms with E-state index in [1.807, 2.05) is 24.0 Å². The molecule has 0 amide bonds. The van der Waals surface area contributed by atoms with Gasteiger partial charge in [0.1, 0.15) is 5.82 Å². The smallest absolute Gasteiger partial charge is 0.175 e. The van der Waals surface area contributed by atoms with Crippen molar-refractivity contribution in [2.75, 3.05) is 5.73 Å². The first kappa shape index (κ1) is 8.52. The molecule has 0 saturated carbocycles. The van der Waals surface area contributed by atoms with Crippen LogP contribution in [-0.4, -0.2) is 19.6 Å². The van der Waals surface area contributed by atoms with Crippen molar-refractivity contribution >= 4 is 5.82 Å². The number of nitrogens with two attached hydrogens (primary N) is 1. The second-order valence-electron chi connectivity index (χ2n) is 3.92. The van der Waals surface area contributed by atoms with Gasteiger partial charge in [0.05, 0.1) is 5.69 Å². The maximum Gasteiger partial charge on any atom is 0.175 e. The molecule has 0 aliphatic heterocycles. The summed E-state index contributed by atoms with van der Waals surface area (Å²) in [5.74, 6) is 1.51. The third-order valence-electron chi connectivity index (χ3n) is 2.88. The Labute approximate surface area is 87.5 Å². The highest BCUT2D eigenvalue weighted by Gasteiger charge is 2.22. The summed E-state index contributed by atoms with van der Waals surface area (Å²) in [5.41, 5.74) is 8.31. The molecule has 1 aliphatic carbocycles. The fourth-order valence-electron chi connectivity index (χ4n) is 2.17. The number of hydrogen-bond donors (Lipinski definition) is 1. The van der Waals surface area contributed by atoms with Gasteiger partial charge in [0.15, 0.2) is 5.82 Å². The van der Waals surface area contributed by atoms with Crippen LogP contribution in [0.3, 0.4) is 0 Å². The van der Waals surface area contributed by atoms with Crippen molar-refractivity contribution in [2.24, 2.45) is 7.05 Å². The van der Waals surface area contributed by atoms with Crippen molar-refractivity contribution in [3.05, 3.63) is 23.5 Å². The summed E-state index contributed by atoms with van der Waals surface area (Å²) in [4.78, 5) is 0. The van der Waals surface area contributed by atoms with Gasteiger partial charge in [-0.05, 0) is 19.3 Å². The number of anilines is 1. The van der Waals surface area contributed by atoms with E-state index in [4.69, 9.17) is 5.73 Å². The third kappa shape index (κ3) is 1.16. The molecule has 15 heavy (non-hydrogen) atoms. The van der Waals surface area contributed by atoms with Gasteiger partial charge in [0.2, 0.25) is 0 Å². The van der Waals surface area contributed by atoms with Crippen molar-refractivity contribution < 1.29 is 0 Å². The van der Waals surface area contributed by atoms with Gasteiger partial charge in [0.25, 0.3) is 0 Å². The quantitative estimate of drug-likeness (QED) is 0.741. The number of aromatic nitrogens is 4. The molecule has 2 aromatic rings. The molecule has 0 spiro atoms. The van der Waals surface area contributed by atoms with Gasteiger partial charge in [-0.2, -0.15) is 5.10 Å². The van der Waals surface area contributed by atoms with Gasteiger partial charge < -0.3 is 5.73 Å². The van der Waals surface area contributed by atoms with Crippen LogP contribution in [0.25, 0.3) is 5.82 Å². The summed E-state index contributed by atoms with van der Waals surface area (Å²) in [5, 5.41) is 8.67. The zero-order valence-corrected chi connectivity index (χ0v) is 8.64. The predicted molar refractivity (Wildman–Crippen MR) is 56.8 cm³/mol. The Bertz CT molecular complexity index is 508. The van der Waals surface area contributed by atoms with Crippen LogP contribution in [0.2, 0.25) is 0 Å². The summed E-state index contributed by atoms with van der Waals surface area (Å²) in [6.07, 6.45) is 5.18. The molecule has 0 saturated heterocycles. The summed E-state index contributed by atoms with van der Waals surface area (Å²) < 4.78 is 3.65. The number of aryl methyl sites for hydroxylation is 1. The van der Waals surface area contributed by atoms with Crippen LogP contribution in [0.15, 0.2) is 12.3 Å².